The van der Waals surface area contributed by atoms with E-state index < -0.39 is 0 Å². The monoisotopic (exact) mass is 803 g/mol. The number of hydrogen-bond donors (Lipinski definition) is 0. The Balaban J connectivity index is 0.899. The van der Waals surface area contributed by atoms with Crippen LogP contribution in [0.4, 0.5) is 0 Å². The number of aromatic nitrogens is 3. The van der Waals surface area contributed by atoms with Gasteiger partial charge in [0.1, 0.15) is 11.2 Å². The van der Waals surface area contributed by atoms with Gasteiger partial charge in [0.05, 0.1) is 33.4 Å². The third-order valence-electron chi connectivity index (χ3n) is 12.1. The van der Waals surface area contributed by atoms with E-state index in [9.17, 15) is 0 Å². The number of furan rings is 1. The molecule has 0 N–H and O–H groups in total. The molecule has 0 radical (unpaired) electrons. The molecule has 0 fully saturated rings. The van der Waals surface area contributed by atoms with Gasteiger partial charge in [0, 0.05) is 27.6 Å². The van der Waals surface area contributed by atoms with Crippen molar-refractivity contribution >= 4 is 43.6 Å². The van der Waals surface area contributed by atoms with E-state index >= 15 is 0 Å². The van der Waals surface area contributed by atoms with Crippen LogP contribution in [0, 0.1) is 0 Å². The Morgan fingerprint density at radius 1 is 0.302 bits per heavy atom. The first-order valence-corrected chi connectivity index (χ1v) is 21.2. The summed E-state index contributed by atoms with van der Waals surface area (Å²) in [5, 5.41) is 5.45. The first-order valence-electron chi connectivity index (χ1n) is 21.2. The zero-order chi connectivity index (χ0) is 41.7. The summed E-state index contributed by atoms with van der Waals surface area (Å²) in [7, 11) is 0. The summed E-state index contributed by atoms with van der Waals surface area (Å²) in [5.41, 5.74) is 16.3. The quantitative estimate of drug-likeness (QED) is 0.151. The Morgan fingerprint density at radius 2 is 0.746 bits per heavy atom. The maximum atomic E-state index is 6.64. The lowest BCUT2D eigenvalue weighted by atomic mass is 9.97. The van der Waals surface area contributed by atoms with E-state index in [1.165, 1.54) is 22.1 Å². The summed E-state index contributed by atoms with van der Waals surface area (Å²) in [6, 6.07) is 78.5. The van der Waals surface area contributed by atoms with Gasteiger partial charge in [-0.3, -0.25) is 0 Å². The number of rotatable bonds is 7. The molecule has 0 amide bonds. The van der Waals surface area contributed by atoms with Crippen LogP contribution in [0.2, 0.25) is 0 Å². The molecular formula is C59H37N3O. The standard InChI is InChI=1S/C59H37N3O/c1-3-11-38(12-4-1)40-19-27-45(28-20-40)52-37-53(62-59(61-52)48-33-25-41(26-34-48)39-13-5-2-6-14-39)46-29-21-42(22-30-46)43-23-31-47(32-24-43)57-56-50-17-9-10-18-54(50)63-58(56)55-49-16-8-7-15-44(49)35-36-51(55)60-57/h1-37H. The van der Waals surface area contributed by atoms with Gasteiger partial charge in [0.25, 0.3) is 0 Å². The highest BCUT2D eigenvalue weighted by molar-refractivity contribution is 6.25. The molecule has 294 valence electrons. The number of nitrogens with zero attached hydrogens (tertiary/aromatic N) is 3. The second-order valence-corrected chi connectivity index (χ2v) is 15.9. The minimum absolute atomic E-state index is 0.684. The van der Waals surface area contributed by atoms with Crippen molar-refractivity contribution in [3.63, 3.8) is 0 Å². The van der Waals surface area contributed by atoms with Crippen molar-refractivity contribution in [3.05, 3.63) is 224 Å². The normalized spacial score (nSPS) is 11.5. The van der Waals surface area contributed by atoms with Gasteiger partial charge in [0.2, 0.25) is 0 Å². The van der Waals surface area contributed by atoms with E-state index in [2.05, 4.69) is 200 Å². The van der Waals surface area contributed by atoms with Crippen LogP contribution in [-0.4, -0.2) is 15.0 Å². The lowest BCUT2D eigenvalue weighted by molar-refractivity contribution is 0.673. The van der Waals surface area contributed by atoms with Crippen LogP contribution >= 0.6 is 0 Å². The fraction of sp³-hybridized carbons (Fsp3) is 0. The van der Waals surface area contributed by atoms with Crippen LogP contribution < -0.4 is 0 Å². The summed E-state index contributed by atoms with van der Waals surface area (Å²) in [5.74, 6) is 0.684. The predicted octanol–water partition coefficient (Wildman–Crippen LogP) is 15.7. The summed E-state index contributed by atoms with van der Waals surface area (Å²) in [6.45, 7) is 0. The Labute approximate surface area is 364 Å². The van der Waals surface area contributed by atoms with Crippen molar-refractivity contribution in [2.45, 2.75) is 0 Å². The molecule has 12 aromatic rings. The molecule has 12 rings (SSSR count). The SMILES string of the molecule is c1ccc(-c2ccc(-c3cc(-c4ccc(-c5ccc(-c6nc7ccc8ccccc8c7c7oc8ccccc8c67)cc5)cc4)nc(-c4ccc(-c5ccccc5)cc4)n3)cc2)cc1. The number of para-hydroxylation sites is 1. The Hall–Kier alpha value is -8.47. The first-order chi connectivity index (χ1) is 31.2. The van der Waals surface area contributed by atoms with Crippen molar-refractivity contribution < 1.29 is 4.42 Å². The van der Waals surface area contributed by atoms with Crippen molar-refractivity contribution in [1.82, 2.24) is 15.0 Å². The third kappa shape index (κ3) is 6.62. The van der Waals surface area contributed by atoms with Crippen LogP contribution in [-0.2, 0) is 0 Å². The summed E-state index contributed by atoms with van der Waals surface area (Å²) < 4.78 is 6.64. The molecule has 0 spiro atoms. The Morgan fingerprint density at radius 3 is 1.32 bits per heavy atom. The van der Waals surface area contributed by atoms with E-state index in [1.54, 1.807) is 0 Å². The van der Waals surface area contributed by atoms with E-state index in [0.29, 0.717) is 5.82 Å². The van der Waals surface area contributed by atoms with Crippen molar-refractivity contribution in [1.29, 1.82) is 0 Å². The second-order valence-electron chi connectivity index (χ2n) is 15.9. The van der Waals surface area contributed by atoms with Gasteiger partial charge in [-0.1, -0.05) is 206 Å². The molecule has 3 aromatic heterocycles. The molecule has 4 nitrogen and oxygen atoms in total. The topological polar surface area (TPSA) is 51.8 Å². The lowest BCUT2D eigenvalue weighted by Gasteiger charge is -2.12. The van der Waals surface area contributed by atoms with E-state index in [-0.39, 0.29) is 0 Å². The third-order valence-corrected chi connectivity index (χ3v) is 12.1. The highest BCUT2D eigenvalue weighted by Crippen LogP contribution is 2.42. The van der Waals surface area contributed by atoms with Gasteiger partial charge in [-0.05, 0) is 62.4 Å². The minimum Gasteiger partial charge on any atom is -0.455 e. The van der Waals surface area contributed by atoms with Gasteiger partial charge in [0.15, 0.2) is 5.82 Å². The summed E-state index contributed by atoms with van der Waals surface area (Å²) in [4.78, 5) is 15.6. The summed E-state index contributed by atoms with van der Waals surface area (Å²) in [6.07, 6.45) is 0. The van der Waals surface area contributed by atoms with Crippen molar-refractivity contribution in [2.24, 2.45) is 0 Å². The largest absolute Gasteiger partial charge is 0.455 e. The first kappa shape index (κ1) is 36.4. The van der Waals surface area contributed by atoms with E-state index in [1.807, 2.05) is 24.3 Å². The molecule has 0 bridgehead atoms. The molecule has 9 aromatic carbocycles. The van der Waals surface area contributed by atoms with E-state index in [4.69, 9.17) is 19.4 Å². The molecule has 0 aliphatic heterocycles. The maximum Gasteiger partial charge on any atom is 0.160 e. The van der Waals surface area contributed by atoms with Crippen LogP contribution in [0.1, 0.15) is 0 Å². The zero-order valence-electron chi connectivity index (χ0n) is 34.1. The van der Waals surface area contributed by atoms with Crippen LogP contribution in [0.3, 0.4) is 0 Å². The van der Waals surface area contributed by atoms with Crippen LogP contribution in [0.15, 0.2) is 229 Å². The van der Waals surface area contributed by atoms with Gasteiger partial charge < -0.3 is 4.42 Å². The fourth-order valence-electron chi connectivity index (χ4n) is 8.87. The van der Waals surface area contributed by atoms with Gasteiger partial charge in [-0.15, -0.1) is 0 Å². The fourth-order valence-corrected chi connectivity index (χ4v) is 8.87. The van der Waals surface area contributed by atoms with Crippen molar-refractivity contribution in [2.75, 3.05) is 0 Å². The average molecular weight is 804 g/mol. The number of hydrogen-bond acceptors (Lipinski definition) is 4. The lowest BCUT2D eigenvalue weighted by Crippen LogP contribution is -1.96. The smallest absolute Gasteiger partial charge is 0.160 e. The average Bonchev–Trinajstić information content (AvgIpc) is 3.76. The summed E-state index contributed by atoms with van der Waals surface area (Å²) >= 11 is 0. The number of benzene rings is 9. The van der Waals surface area contributed by atoms with E-state index in [0.717, 1.165) is 94.3 Å². The molecule has 0 unspecified atom stereocenters. The maximum absolute atomic E-state index is 6.64. The molecule has 0 saturated carbocycles. The molecule has 0 aliphatic carbocycles. The molecule has 0 saturated heterocycles. The van der Waals surface area contributed by atoms with Crippen LogP contribution in [0.25, 0.3) is 122 Å². The second kappa shape index (κ2) is 15.2. The van der Waals surface area contributed by atoms with Gasteiger partial charge in [-0.25, -0.2) is 15.0 Å². The predicted molar refractivity (Wildman–Crippen MR) is 260 cm³/mol. The molecule has 4 heteroatoms. The van der Waals surface area contributed by atoms with Gasteiger partial charge >= 0.3 is 0 Å². The Bertz CT molecular complexity index is 3520. The highest BCUT2D eigenvalue weighted by atomic mass is 16.3. The molecular weight excluding hydrogens is 767 g/mol. The Kier molecular flexibility index (Phi) is 8.79. The molecule has 63 heavy (non-hydrogen) atoms. The minimum atomic E-state index is 0.684. The molecule has 0 aliphatic rings. The van der Waals surface area contributed by atoms with Gasteiger partial charge in [-0.2, -0.15) is 0 Å². The highest BCUT2D eigenvalue weighted by Gasteiger charge is 2.20. The number of fused-ring (bicyclic) bond motifs is 7. The number of pyridine rings is 1. The van der Waals surface area contributed by atoms with Crippen LogP contribution in [0.5, 0.6) is 0 Å². The molecule has 3 heterocycles. The van der Waals surface area contributed by atoms with Crippen molar-refractivity contribution in [3.8, 4) is 78.5 Å². The molecule has 0 atom stereocenters. The zero-order valence-corrected chi connectivity index (χ0v) is 34.1.